The van der Waals surface area contributed by atoms with Gasteiger partial charge in [-0.1, -0.05) is 30.0 Å². The third kappa shape index (κ3) is 4.65. The average molecular weight is 486 g/mol. The minimum atomic E-state index is -3.78. The van der Waals surface area contributed by atoms with Gasteiger partial charge in [0.2, 0.25) is 10.0 Å². The third-order valence-electron chi connectivity index (χ3n) is 4.41. The van der Waals surface area contributed by atoms with Crippen LogP contribution in [0.25, 0.3) is 17.4 Å². The van der Waals surface area contributed by atoms with E-state index in [9.17, 15) is 18.0 Å². The standard InChI is InChI=1S/C21H15N3O5S3/c22-32(27,28)16-9-6-13(7-10-16)17-11-8-15(29-17)12-18-20(26)24(21(30)31-18)23-19(25)14-4-2-1-3-5-14/h1-12H,(H,23,25)(H2,22,27,28). The van der Waals surface area contributed by atoms with Crippen molar-refractivity contribution in [1.29, 1.82) is 0 Å². The van der Waals surface area contributed by atoms with Gasteiger partial charge in [0.25, 0.3) is 11.8 Å². The number of hydrogen-bond donors (Lipinski definition) is 2. The highest BCUT2D eigenvalue weighted by Gasteiger charge is 2.34. The Hall–Kier alpha value is -3.25. The average Bonchev–Trinajstić information content (AvgIpc) is 3.34. The Balaban J connectivity index is 1.50. The van der Waals surface area contributed by atoms with Gasteiger partial charge in [0.15, 0.2) is 4.32 Å². The molecule has 1 fully saturated rings. The number of nitrogens with zero attached hydrogens (tertiary/aromatic N) is 1. The molecule has 32 heavy (non-hydrogen) atoms. The summed E-state index contributed by atoms with van der Waals surface area (Å²) in [5.41, 5.74) is 3.55. The van der Waals surface area contributed by atoms with Gasteiger partial charge in [0.05, 0.1) is 9.80 Å². The highest BCUT2D eigenvalue weighted by Crippen LogP contribution is 2.33. The maximum atomic E-state index is 12.7. The smallest absolute Gasteiger partial charge is 0.285 e. The molecule has 2 amide bonds. The van der Waals surface area contributed by atoms with Crippen LogP contribution < -0.4 is 10.6 Å². The Morgan fingerprint density at radius 3 is 2.41 bits per heavy atom. The summed E-state index contributed by atoms with van der Waals surface area (Å²) in [6.07, 6.45) is 1.52. The zero-order chi connectivity index (χ0) is 22.9. The topological polar surface area (TPSA) is 123 Å². The van der Waals surface area contributed by atoms with Crippen LogP contribution in [0.5, 0.6) is 0 Å². The molecule has 0 bridgehead atoms. The van der Waals surface area contributed by atoms with E-state index in [0.717, 1.165) is 16.8 Å². The SMILES string of the molecule is NS(=O)(=O)c1ccc(-c2ccc(C=C3SC(=S)N(NC(=O)c4ccccc4)C3=O)o2)cc1. The number of carbonyl (C=O) groups excluding carboxylic acids is 2. The zero-order valence-electron chi connectivity index (χ0n) is 16.2. The molecule has 1 aliphatic rings. The maximum absolute atomic E-state index is 12.7. The van der Waals surface area contributed by atoms with Crippen molar-refractivity contribution in [1.82, 2.24) is 10.4 Å². The minimum Gasteiger partial charge on any atom is -0.457 e. The van der Waals surface area contributed by atoms with Gasteiger partial charge in [-0.25, -0.2) is 13.6 Å². The molecule has 1 aliphatic heterocycles. The lowest BCUT2D eigenvalue weighted by atomic mass is 10.2. The van der Waals surface area contributed by atoms with Gasteiger partial charge in [0.1, 0.15) is 11.5 Å². The van der Waals surface area contributed by atoms with E-state index in [4.69, 9.17) is 21.8 Å². The molecule has 3 aromatic rings. The summed E-state index contributed by atoms with van der Waals surface area (Å²) < 4.78 is 28.7. The summed E-state index contributed by atoms with van der Waals surface area (Å²) >= 11 is 6.26. The van der Waals surface area contributed by atoms with Gasteiger partial charge >= 0.3 is 0 Å². The largest absolute Gasteiger partial charge is 0.457 e. The fraction of sp³-hybridized carbons (Fsp3) is 0. The van der Waals surface area contributed by atoms with E-state index in [1.54, 1.807) is 54.6 Å². The molecule has 0 aliphatic carbocycles. The molecular weight excluding hydrogens is 470 g/mol. The molecule has 3 N–H and O–H groups in total. The molecule has 0 spiro atoms. The molecule has 8 nitrogen and oxygen atoms in total. The first kappa shape index (κ1) is 22.0. The van der Waals surface area contributed by atoms with Crippen LogP contribution in [0.1, 0.15) is 16.1 Å². The van der Waals surface area contributed by atoms with Crippen molar-refractivity contribution in [3.05, 3.63) is 83.0 Å². The second-order valence-electron chi connectivity index (χ2n) is 6.60. The Labute approximate surface area is 193 Å². The number of thioether (sulfide) groups is 1. The fourth-order valence-electron chi connectivity index (χ4n) is 2.84. The predicted octanol–water partition coefficient (Wildman–Crippen LogP) is 3.14. The molecular formula is C21H15N3O5S3. The summed E-state index contributed by atoms with van der Waals surface area (Å²) in [6, 6.07) is 17.7. The number of nitrogens with two attached hydrogens (primary N) is 1. The van der Waals surface area contributed by atoms with Gasteiger partial charge in [-0.2, -0.15) is 5.01 Å². The molecule has 11 heteroatoms. The van der Waals surface area contributed by atoms with Crippen molar-refractivity contribution in [2.45, 2.75) is 4.90 Å². The fourth-order valence-corrected chi connectivity index (χ4v) is 4.52. The number of amides is 2. The third-order valence-corrected chi connectivity index (χ3v) is 6.64. The number of furan rings is 1. The summed E-state index contributed by atoms with van der Waals surface area (Å²) in [7, 11) is -3.78. The summed E-state index contributed by atoms with van der Waals surface area (Å²) in [5.74, 6) is -0.0541. The second-order valence-corrected chi connectivity index (χ2v) is 9.83. The first-order valence-electron chi connectivity index (χ1n) is 9.09. The van der Waals surface area contributed by atoms with Crippen LogP contribution in [-0.2, 0) is 14.8 Å². The van der Waals surface area contributed by atoms with E-state index in [2.05, 4.69) is 5.43 Å². The van der Waals surface area contributed by atoms with Crippen LogP contribution in [0, 0.1) is 0 Å². The molecule has 0 saturated carbocycles. The van der Waals surface area contributed by atoms with Crippen molar-refractivity contribution in [3.8, 4) is 11.3 Å². The monoisotopic (exact) mass is 485 g/mol. The van der Waals surface area contributed by atoms with Gasteiger partial charge in [-0.3, -0.25) is 15.0 Å². The maximum Gasteiger partial charge on any atom is 0.285 e. The normalized spacial score (nSPS) is 15.4. The number of primary sulfonamides is 1. The summed E-state index contributed by atoms with van der Waals surface area (Å²) in [4.78, 5) is 25.3. The van der Waals surface area contributed by atoms with Gasteiger partial charge in [0, 0.05) is 17.2 Å². The number of hydrazine groups is 1. The molecule has 0 unspecified atom stereocenters. The first-order valence-corrected chi connectivity index (χ1v) is 11.9. The van der Waals surface area contributed by atoms with Crippen molar-refractivity contribution in [3.63, 3.8) is 0 Å². The van der Waals surface area contributed by atoms with E-state index in [-0.39, 0.29) is 14.1 Å². The number of thiocarbonyl (C=S) groups is 1. The van der Waals surface area contributed by atoms with Crippen LogP contribution in [-0.4, -0.2) is 29.6 Å². The molecule has 1 saturated heterocycles. The second kappa shape index (κ2) is 8.71. The van der Waals surface area contributed by atoms with Crippen LogP contribution in [0.4, 0.5) is 0 Å². The predicted molar refractivity (Wildman–Crippen MR) is 124 cm³/mol. The molecule has 2 aromatic carbocycles. The van der Waals surface area contributed by atoms with Crippen LogP contribution in [0.3, 0.4) is 0 Å². The Kier molecular flexibility index (Phi) is 5.98. The summed E-state index contributed by atoms with van der Waals surface area (Å²) in [6.45, 7) is 0. The van der Waals surface area contributed by atoms with E-state index in [1.807, 2.05) is 0 Å². The zero-order valence-corrected chi connectivity index (χ0v) is 18.7. The van der Waals surface area contributed by atoms with Crippen molar-refractivity contribution in [2.75, 3.05) is 0 Å². The van der Waals surface area contributed by atoms with Crippen molar-refractivity contribution < 1.29 is 22.4 Å². The number of benzene rings is 2. The van der Waals surface area contributed by atoms with E-state index >= 15 is 0 Å². The number of carbonyl (C=O) groups is 2. The molecule has 0 atom stereocenters. The van der Waals surface area contributed by atoms with Crippen LogP contribution >= 0.6 is 24.0 Å². The van der Waals surface area contributed by atoms with Gasteiger partial charge in [-0.15, -0.1) is 0 Å². The highest BCUT2D eigenvalue weighted by atomic mass is 32.2. The lowest BCUT2D eigenvalue weighted by Crippen LogP contribution is -2.44. The van der Waals surface area contributed by atoms with E-state index in [1.165, 1.54) is 18.2 Å². The number of sulfonamides is 1. The van der Waals surface area contributed by atoms with Crippen LogP contribution in [0.15, 0.2) is 80.9 Å². The van der Waals surface area contributed by atoms with E-state index < -0.39 is 21.8 Å². The van der Waals surface area contributed by atoms with Crippen molar-refractivity contribution >= 4 is 56.2 Å². The lowest BCUT2D eigenvalue weighted by molar-refractivity contribution is -0.123. The van der Waals surface area contributed by atoms with E-state index in [0.29, 0.717) is 22.6 Å². The Bertz CT molecular complexity index is 1350. The van der Waals surface area contributed by atoms with Gasteiger partial charge < -0.3 is 4.42 Å². The molecule has 2 heterocycles. The quantitative estimate of drug-likeness (QED) is 0.420. The molecule has 4 rings (SSSR count). The number of rotatable bonds is 5. The number of hydrogen-bond acceptors (Lipinski definition) is 7. The molecule has 162 valence electrons. The first-order chi connectivity index (χ1) is 15.2. The Morgan fingerprint density at radius 1 is 1.06 bits per heavy atom. The Morgan fingerprint density at radius 2 is 1.75 bits per heavy atom. The number of nitrogens with one attached hydrogen (secondary N) is 1. The van der Waals surface area contributed by atoms with Gasteiger partial charge in [-0.05, 0) is 60.7 Å². The lowest BCUT2D eigenvalue weighted by Gasteiger charge is -2.15. The molecule has 0 radical (unpaired) electrons. The minimum absolute atomic E-state index is 0.00532. The highest BCUT2D eigenvalue weighted by molar-refractivity contribution is 8.26. The van der Waals surface area contributed by atoms with Crippen molar-refractivity contribution in [2.24, 2.45) is 5.14 Å². The van der Waals surface area contributed by atoms with Crippen LogP contribution in [0.2, 0.25) is 0 Å². The summed E-state index contributed by atoms with van der Waals surface area (Å²) in [5, 5.41) is 6.13. The molecule has 1 aromatic heterocycles.